The van der Waals surface area contributed by atoms with Crippen LogP contribution in [-0.4, -0.2) is 36.0 Å². The lowest BCUT2D eigenvalue weighted by Crippen LogP contribution is -2.48. The number of carbonyl (C=O) groups is 1. The van der Waals surface area contributed by atoms with E-state index in [2.05, 4.69) is 41.4 Å². The summed E-state index contributed by atoms with van der Waals surface area (Å²) < 4.78 is 0. The van der Waals surface area contributed by atoms with Gasteiger partial charge in [-0.2, -0.15) is 0 Å². The van der Waals surface area contributed by atoms with Crippen molar-refractivity contribution in [2.75, 3.05) is 24.5 Å². The van der Waals surface area contributed by atoms with E-state index < -0.39 is 0 Å². The Labute approximate surface area is 151 Å². The van der Waals surface area contributed by atoms with E-state index in [0.29, 0.717) is 5.91 Å². The third-order valence-corrected chi connectivity index (χ3v) is 6.37. The molecule has 1 spiro atoms. The average molecular weight is 341 g/mol. The van der Waals surface area contributed by atoms with Crippen LogP contribution in [0.2, 0.25) is 0 Å². The van der Waals surface area contributed by atoms with Crippen molar-refractivity contribution >= 4 is 11.6 Å². The summed E-state index contributed by atoms with van der Waals surface area (Å²) >= 11 is 0. The van der Waals surface area contributed by atoms with Crippen molar-refractivity contribution in [3.05, 3.63) is 29.8 Å². The highest BCUT2D eigenvalue weighted by Gasteiger charge is 2.50. The lowest BCUT2D eigenvalue weighted by molar-refractivity contribution is -0.134. The second-order valence-electron chi connectivity index (χ2n) is 7.92. The number of anilines is 1. The van der Waals surface area contributed by atoms with E-state index in [0.717, 1.165) is 32.2 Å². The summed E-state index contributed by atoms with van der Waals surface area (Å²) in [6, 6.07) is 8.93. The Morgan fingerprint density at radius 2 is 1.64 bits per heavy atom. The number of rotatable bonds is 3. The van der Waals surface area contributed by atoms with Crippen molar-refractivity contribution in [1.82, 2.24) is 10.2 Å². The quantitative estimate of drug-likeness (QED) is 0.907. The molecule has 1 saturated carbocycles. The van der Waals surface area contributed by atoms with E-state index in [9.17, 15) is 4.79 Å². The Bertz CT molecular complexity index is 600. The summed E-state index contributed by atoms with van der Waals surface area (Å²) in [5.74, 6) is 0.319. The molecule has 2 aliphatic heterocycles. The van der Waals surface area contributed by atoms with E-state index in [4.69, 9.17) is 0 Å². The fourth-order valence-electron chi connectivity index (χ4n) is 4.92. The van der Waals surface area contributed by atoms with Gasteiger partial charge in [-0.1, -0.05) is 31.4 Å². The molecule has 4 nitrogen and oxygen atoms in total. The number of piperidine rings is 1. The molecule has 4 heteroatoms. The summed E-state index contributed by atoms with van der Waals surface area (Å²) in [4.78, 5) is 17.6. The SMILES string of the molecule is CCN1C(=O)C2(CCCCC2)NC1c1ccc(N2CCCCC2)cc1. The Hall–Kier alpha value is -1.55. The molecule has 2 saturated heterocycles. The summed E-state index contributed by atoms with van der Waals surface area (Å²) in [5, 5.41) is 3.74. The molecule has 1 aromatic carbocycles. The van der Waals surface area contributed by atoms with E-state index in [1.165, 1.54) is 50.0 Å². The monoisotopic (exact) mass is 341 g/mol. The zero-order valence-electron chi connectivity index (χ0n) is 15.5. The summed E-state index contributed by atoms with van der Waals surface area (Å²) in [6.07, 6.45) is 9.56. The van der Waals surface area contributed by atoms with Gasteiger partial charge in [-0.15, -0.1) is 0 Å². The normalized spacial score (nSPS) is 26.4. The molecular formula is C21H31N3O. The van der Waals surface area contributed by atoms with Crippen molar-refractivity contribution in [2.24, 2.45) is 0 Å². The van der Waals surface area contributed by atoms with Crippen LogP contribution in [0.5, 0.6) is 0 Å². The fourth-order valence-corrected chi connectivity index (χ4v) is 4.92. The van der Waals surface area contributed by atoms with Gasteiger partial charge in [0.2, 0.25) is 5.91 Å². The van der Waals surface area contributed by atoms with Crippen LogP contribution in [0, 0.1) is 0 Å². The minimum Gasteiger partial charge on any atom is -0.372 e. The molecule has 1 atom stereocenters. The third kappa shape index (κ3) is 3.05. The maximum atomic E-state index is 13.1. The molecule has 1 aliphatic carbocycles. The smallest absolute Gasteiger partial charge is 0.244 e. The number of hydrogen-bond acceptors (Lipinski definition) is 3. The van der Waals surface area contributed by atoms with Crippen molar-refractivity contribution < 1.29 is 4.79 Å². The Kier molecular flexibility index (Phi) is 4.72. The van der Waals surface area contributed by atoms with Crippen LogP contribution in [0.15, 0.2) is 24.3 Å². The molecule has 3 aliphatic rings. The largest absolute Gasteiger partial charge is 0.372 e. The first kappa shape index (κ1) is 16.9. The van der Waals surface area contributed by atoms with Crippen LogP contribution in [0.1, 0.15) is 70.0 Å². The first-order valence-electron chi connectivity index (χ1n) is 10.2. The van der Waals surface area contributed by atoms with Crippen molar-refractivity contribution in [2.45, 2.75) is 70.0 Å². The number of benzene rings is 1. The van der Waals surface area contributed by atoms with Crippen LogP contribution in [0.3, 0.4) is 0 Å². The third-order valence-electron chi connectivity index (χ3n) is 6.37. The van der Waals surface area contributed by atoms with Gasteiger partial charge in [0.15, 0.2) is 0 Å². The van der Waals surface area contributed by atoms with Crippen LogP contribution >= 0.6 is 0 Å². The van der Waals surface area contributed by atoms with Gasteiger partial charge in [0.05, 0.1) is 5.54 Å². The predicted molar refractivity (Wildman–Crippen MR) is 102 cm³/mol. The first-order chi connectivity index (χ1) is 12.2. The lowest BCUT2D eigenvalue weighted by Gasteiger charge is -2.31. The van der Waals surface area contributed by atoms with Gasteiger partial charge in [0, 0.05) is 25.3 Å². The summed E-state index contributed by atoms with van der Waals surface area (Å²) in [6.45, 7) is 5.20. The second-order valence-corrected chi connectivity index (χ2v) is 7.92. The molecule has 3 fully saturated rings. The highest BCUT2D eigenvalue weighted by molar-refractivity contribution is 5.89. The zero-order chi connectivity index (χ0) is 17.3. The second kappa shape index (κ2) is 6.99. The molecule has 1 aromatic rings. The first-order valence-corrected chi connectivity index (χ1v) is 10.2. The molecule has 1 amide bonds. The minimum atomic E-state index is -0.301. The molecule has 0 bridgehead atoms. The molecule has 1 unspecified atom stereocenters. The van der Waals surface area contributed by atoms with Gasteiger partial charge in [-0.3, -0.25) is 10.1 Å². The van der Waals surface area contributed by atoms with Gasteiger partial charge in [-0.25, -0.2) is 0 Å². The number of nitrogens with zero attached hydrogens (tertiary/aromatic N) is 2. The summed E-state index contributed by atoms with van der Waals surface area (Å²) in [5.41, 5.74) is 2.24. The molecule has 1 N–H and O–H groups in total. The van der Waals surface area contributed by atoms with Gasteiger partial charge < -0.3 is 9.80 Å². The van der Waals surface area contributed by atoms with E-state index in [-0.39, 0.29) is 11.7 Å². The molecule has 4 rings (SSSR count). The number of nitrogens with one attached hydrogen (secondary N) is 1. The number of amides is 1. The highest BCUT2D eigenvalue weighted by Crippen LogP contribution is 2.39. The van der Waals surface area contributed by atoms with Crippen molar-refractivity contribution in [3.8, 4) is 0 Å². The minimum absolute atomic E-state index is 0.0333. The predicted octanol–water partition coefficient (Wildman–Crippen LogP) is 3.83. The molecular weight excluding hydrogens is 310 g/mol. The fraction of sp³-hybridized carbons (Fsp3) is 0.667. The van der Waals surface area contributed by atoms with Crippen LogP contribution < -0.4 is 10.2 Å². The Morgan fingerprint density at radius 3 is 2.28 bits per heavy atom. The van der Waals surface area contributed by atoms with E-state index in [1.807, 2.05) is 4.90 Å². The molecule has 2 heterocycles. The average Bonchev–Trinajstić information content (AvgIpc) is 2.95. The van der Waals surface area contributed by atoms with E-state index in [1.54, 1.807) is 0 Å². The van der Waals surface area contributed by atoms with Gasteiger partial charge in [0.1, 0.15) is 6.17 Å². The maximum absolute atomic E-state index is 13.1. The van der Waals surface area contributed by atoms with Crippen LogP contribution in [0.25, 0.3) is 0 Å². The lowest BCUT2D eigenvalue weighted by atomic mass is 9.81. The van der Waals surface area contributed by atoms with Crippen molar-refractivity contribution in [3.63, 3.8) is 0 Å². The number of hydrogen-bond donors (Lipinski definition) is 1. The highest BCUT2D eigenvalue weighted by atomic mass is 16.2. The van der Waals surface area contributed by atoms with Crippen molar-refractivity contribution in [1.29, 1.82) is 0 Å². The molecule has 136 valence electrons. The number of carbonyl (C=O) groups excluding carboxylic acids is 1. The maximum Gasteiger partial charge on any atom is 0.244 e. The Balaban J connectivity index is 1.54. The van der Waals surface area contributed by atoms with E-state index >= 15 is 0 Å². The summed E-state index contributed by atoms with van der Waals surface area (Å²) in [7, 11) is 0. The topological polar surface area (TPSA) is 35.6 Å². The molecule has 0 aromatic heterocycles. The van der Waals surface area contributed by atoms with Crippen LogP contribution in [0.4, 0.5) is 5.69 Å². The molecule has 25 heavy (non-hydrogen) atoms. The van der Waals surface area contributed by atoms with Gasteiger partial charge in [0.25, 0.3) is 0 Å². The Morgan fingerprint density at radius 1 is 1.00 bits per heavy atom. The van der Waals surface area contributed by atoms with Crippen LogP contribution in [-0.2, 0) is 4.79 Å². The van der Waals surface area contributed by atoms with Gasteiger partial charge >= 0.3 is 0 Å². The molecule has 0 radical (unpaired) electrons. The number of likely N-dealkylation sites (N-methyl/N-ethyl adjacent to an activating group) is 1. The standard InChI is InChI=1S/C21H31N3O/c1-2-24-19(22-21(20(24)25)13-5-3-6-14-21)17-9-11-18(12-10-17)23-15-7-4-8-16-23/h9-12,19,22H,2-8,13-16H2,1H3. The van der Waals surface area contributed by atoms with Gasteiger partial charge in [-0.05, 0) is 56.7 Å². The zero-order valence-corrected chi connectivity index (χ0v) is 15.5.